The van der Waals surface area contributed by atoms with E-state index in [1.54, 1.807) is 47.1 Å². The Morgan fingerprint density at radius 2 is 1.79 bits per heavy atom. The Kier molecular flexibility index (Phi) is 6.44. The van der Waals surface area contributed by atoms with E-state index in [2.05, 4.69) is 20.8 Å². The lowest BCUT2D eigenvalue weighted by Crippen LogP contribution is -2.24. The molecule has 0 aliphatic heterocycles. The molecule has 9 heteroatoms. The van der Waals surface area contributed by atoms with Gasteiger partial charge in [0.1, 0.15) is 0 Å². The number of halogens is 1. The molecule has 146 valence electrons. The molecule has 3 aromatic rings. The lowest BCUT2D eigenvalue weighted by Gasteiger charge is -2.12. The average Bonchev–Trinajstić information content (AvgIpc) is 3.17. The molecule has 3 rings (SSSR count). The summed E-state index contributed by atoms with van der Waals surface area (Å²) in [6, 6.07) is 12.2. The first kappa shape index (κ1) is 19.6. The van der Waals surface area contributed by atoms with Gasteiger partial charge >= 0.3 is 0 Å². The van der Waals surface area contributed by atoms with Crippen molar-refractivity contribution in [3.05, 3.63) is 58.9 Å². The molecule has 0 aliphatic carbocycles. The predicted octanol–water partition coefficient (Wildman–Crippen LogP) is 3.04. The molecule has 0 spiro atoms. The van der Waals surface area contributed by atoms with Crippen molar-refractivity contribution in [1.82, 2.24) is 25.5 Å². The molecule has 0 fully saturated rings. The van der Waals surface area contributed by atoms with Crippen LogP contribution in [0.4, 0.5) is 0 Å². The van der Waals surface area contributed by atoms with Crippen molar-refractivity contribution in [2.24, 2.45) is 0 Å². The van der Waals surface area contributed by atoms with Gasteiger partial charge in [0, 0.05) is 10.6 Å². The van der Waals surface area contributed by atoms with Crippen molar-refractivity contribution in [2.45, 2.75) is 20.4 Å². The van der Waals surface area contributed by atoms with Gasteiger partial charge in [-0.25, -0.2) is 0 Å². The molecule has 0 atom stereocenters. The van der Waals surface area contributed by atoms with Crippen LogP contribution in [0.2, 0.25) is 5.02 Å². The number of tetrazole rings is 1. The number of carbonyl (C=O) groups is 1. The number of aromatic nitrogens is 4. The van der Waals surface area contributed by atoms with Crippen LogP contribution in [0.1, 0.15) is 30.0 Å². The van der Waals surface area contributed by atoms with Gasteiger partial charge in [-0.3, -0.25) is 4.79 Å². The van der Waals surface area contributed by atoms with Crippen LogP contribution < -0.4 is 14.8 Å². The molecule has 0 aliphatic rings. The summed E-state index contributed by atoms with van der Waals surface area (Å²) >= 11 is 5.91. The second-order valence-electron chi connectivity index (χ2n) is 5.69. The summed E-state index contributed by atoms with van der Waals surface area (Å²) in [5.41, 5.74) is 1.20. The molecule has 0 saturated heterocycles. The maximum absolute atomic E-state index is 12.6. The van der Waals surface area contributed by atoms with Gasteiger partial charge in [-0.2, -0.15) is 4.68 Å². The first-order chi connectivity index (χ1) is 13.6. The van der Waals surface area contributed by atoms with Gasteiger partial charge in [0.05, 0.1) is 25.4 Å². The van der Waals surface area contributed by atoms with Crippen LogP contribution in [0.3, 0.4) is 0 Å². The van der Waals surface area contributed by atoms with Crippen molar-refractivity contribution in [2.75, 3.05) is 13.2 Å². The van der Waals surface area contributed by atoms with E-state index in [1.807, 2.05) is 13.8 Å². The van der Waals surface area contributed by atoms with E-state index in [-0.39, 0.29) is 12.5 Å². The number of benzene rings is 2. The van der Waals surface area contributed by atoms with E-state index >= 15 is 0 Å². The van der Waals surface area contributed by atoms with Crippen LogP contribution >= 0.6 is 11.6 Å². The van der Waals surface area contributed by atoms with Gasteiger partial charge in [0.2, 0.25) is 0 Å². The van der Waals surface area contributed by atoms with Crippen LogP contribution in [-0.2, 0) is 6.54 Å². The third kappa shape index (κ3) is 4.58. The van der Waals surface area contributed by atoms with Gasteiger partial charge in [-0.05, 0) is 66.7 Å². The number of nitrogens with one attached hydrogen (secondary N) is 1. The molecule has 0 bridgehead atoms. The average molecular weight is 402 g/mol. The molecule has 0 saturated carbocycles. The minimum absolute atomic E-state index is 0.158. The highest BCUT2D eigenvalue weighted by Crippen LogP contribution is 2.28. The monoisotopic (exact) mass is 401 g/mol. The number of ether oxygens (including phenoxy) is 2. The lowest BCUT2D eigenvalue weighted by molar-refractivity contribution is 0.0949. The summed E-state index contributed by atoms with van der Waals surface area (Å²) in [4.78, 5) is 12.6. The lowest BCUT2D eigenvalue weighted by atomic mass is 10.2. The predicted molar refractivity (Wildman–Crippen MR) is 104 cm³/mol. The topological polar surface area (TPSA) is 91.2 Å². The molecule has 1 aromatic heterocycles. The zero-order valence-electron chi connectivity index (χ0n) is 15.6. The van der Waals surface area contributed by atoms with Crippen LogP contribution in [0, 0.1) is 0 Å². The van der Waals surface area contributed by atoms with Crippen molar-refractivity contribution in [3.63, 3.8) is 0 Å². The fourth-order valence-electron chi connectivity index (χ4n) is 2.55. The van der Waals surface area contributed by atoms with Crippen LogP contribution in [-0.4, -0.2) is 39.3 Å². The molecule has 28 heavy (non-hydrogen) atoms. The summed E-state index contributed by atoms with van der Waals surface area (Å²) in [5.74, 6) is 1.36. The van der Waals surface area contributed by atoms with Crippen molar-refractivity contribution in [3.8, 4) is 17.2 Å². The van der Waals surface area contributed by atoms with Crippen molar-refractivity contribution < 1.29 is 14.3 Å². The normalized spacial score (nSPS) is 10.5. The highest BCUT2D eigenvalue weighted by Gasteiger charge is 2.14. The molecule has 0 radical (unpaired) electrons. The summed E-state index contributed by atoms with van der Waals surface area (Å²) in [6.07, 6.45) is 0. The van der Waals surface area contributed by atoms with Gasteiger partial charge in [0.25, 0.3) is 5.91 Å². The Hall–Kier alpha value is -3.13. The van der Waals surface area contributed by atoms with Crippen molar-refractivity contribution in [1.29, 1.82) is 0 Å². The fraction of sp³-hybridized carbons (Fsp3) is 0.263. The number of hydrogen-bond acceptors (Lipinski definition) is 6. The number of rotatable bonds is 8. The van der Waals surface area contributed by atoms with Gasteiger partial charge < -0.3 is 14.8 Å². The van der Waals surface area contributed by atoms with E-state index in [0.29, 0.717) is 41.1 Å². The first-order valence-corrected chi connectivity index (χ1v) is 9.21. The highest BCUT2D eigenvalue weighted by atomic mass is 35.5. The molecule has 0 unspecified atom stereocenters. The van der Waals surface area contributed by atoms with E-state index in [1.165, 1.54) is 0 Å². The van der Waals surface area contributed by atoms with Crippen LogP contribution in [0.25, 0.3) is 5.69 Å². The minimum atomic E-state index is -0.269. The number of amides is 1. The Morgan fingerprint density at radius 3 is 2.50 bits per heavy atom. The minimum Gasteiger partial charge on any atom is -0.490 e. The van der Waals surface area contributed by atoms with Gasteiger partial charge in [0.15, 0.2) is 17.3 Å². The Balaban J connectivity index is 1.72. The number of hydrogen-bond donors (Lipinski definition) is 1. The zero-order chi connectivity index (χ0) is 19.9. The molecule has 1 amide bonds. The van der Waals surface area contributed by atoms with Crippen LogP contribution in [0.5, 0.6) is 11.5 Å². The second kappa shape index (κ2) is 9.18. The molecular weight excluding hydrogens is 382 g/mol. The smallest absolute Gasteiger partial charge is 0.251 e. The van der Waals surface area contributed by atoms with E-state index < -0.39 is 0 Å². The Morgan fingerprint density at radius 1 is 1.07 bits per heavy atom. The van der Waals surface area contributed by atoms with Gasteiger partial charge in [-0.1, -0.05) is 11.6 Å². The third-order valence-electron chi connectivity index (χ3n) is 3.82. The maximum atomic E-state index is 12.6. The number of carbonyl (C=O) groups excluding carboxylic acids is 1. The Labute approximate surface area is 167 Å². The van der Waals surface area contributed by atoms with Gasteiger partial charge in [-0.15, -0.1) is 5.10 Å². The summed E-state index contributed by atoms with van der Waals surface area (Å²) in [7, 11) is 0. The maximum Gasteiger partial charge on any atom is 0.251 e. The summed E-state index contributed by atoms with van der Waals surface area (Å²) in [6.45, 7) is 4.91. The van der Waals surface area contributed by atoms with Crippen molar-refractivity contribution >= 4 is 17.5 Å². The molecule has 8 nitrogen and oxygen atoms in total. The Bertz CT molecular complexity index is 943. The first-order valence-electron chi connectivity index (χ1n) is 8.83. The molecule has 1 heterocycles. The zero-order valence-corrected chi connectivity index (χ0v) is 16.3. The third-order valence-corrected chi connectivity index (χ3v) is 4.07. The van der Waals surface area contributed by atoms with E-state index in [9.17, 15) is 4.79 Å². The standard InChI is InChI=1S/C19H20ClN5O3/c1-3-27-16-10-5-13(11-17(16)28-4-2)19(26)21-12-18-22-23-24-25(18)15-8-6-14(20)7-9-15/h5-11H,3-4,12H2,1-2H3,(H,21,26). The molecule has 1 N–H and O–H groups in total. The van der Waals surface area contributed by atoms with E-state index in [4.69, 9.17) is 21.1 Å². The molecular formula is C19H20ClN5O3. The SMILES string of the molecule is CCOc1ccc(C(=O)NCc2nnnn2-c2ccc(Cl)cc2)cc1OCC. The fourth-order valence-corrected chi connectivity index (χ4v) is 2.68. The largest absolute Gasteiger partial charge is 0.490 e. The molecule has 2 aromatic carbocycles. The quantitative estimate of drug-likeness (QED) is 0.623. The highest BCUT2D eigenvalue weighted by molar-refractivity contribution is 6.30. The number of nitrogens with zero attached hydrogens (tertiary/aromatic N) is 4. The van der Waals surface area contributed by atoms with E-state index in [0.717, 1.165) is 5.69 Å². The summed E-state index contributed by atoms with van der Waals surface area (Å²) in [5, 5.41) is 15.1. The second-order valence-corrected chi connectivity index (χ2v) is 6.13. The summed E-state index contributed by atoms with van der Waals surface area (Å²) < 4.78 is 12.6. The van der Waals surface area contributed by atoms with Crippen LogP contribution in [0.15, 0.2) is 42.5 Å².